The Balaban J connectivity index is 1.95. The van der Waals surface area contributed by atoms with Crippen molar-refractivity contribution in [2.45, 2.75) is 13.8 Å². The number of methoxy groups -OCH3 is 1. The maximum absolute atomic E-state index is 11.7. The Labute approximate surface area is 154 Å². The van der Waals surface area contributed by atoms with E-state index in [1.54, 1.807) is 13.2 Å². The van der Waals surface area contributed by atoms with Gasteiger partial charge in [0.2, 0.25) is 5.65 Å². The second kappa shape index (κ2) is 6.20. The second-order valence-electron chi connectivity index (χ2n) is 6.08. The lowest BCUT2D eigenvalue weighted by Gasteiger charge is -2.13. The highest BCUT2D eigenvalue weighted by molar-refractivity contribution is 5.99. The standard InChI is InChI=1S/C18H17N7O2/c1-9-6-14(12(8-20-9)16(19)26)22-17-18-24-23-10(2)25(18)15-7-11(27-3)4-5-13(15)21-17/h4-8H,1-3H3,(H2,19,26)(H,20,21,22). The highest BCUT2D eigenvalue weighted by Gasteiger charge is 2.16. The number of pyridine rings is 1. The van der Waals surface area contributed by atoms with E-state index in [2.05, 4.69) is 25.5 Å². The Kier molecular flexibility index (Phi) is 3.84. The average Bonchev–Trinajstić information content (AvgIpc) is 3.04. The Hall–Kier alpha value is -3.75. The molecule has 0 spiro atoms. The number of benzene rings is 1. The van der Waals surface area contributed by atoms with Crippen LogP contribution in [-0.4, -0.2) is 37.6 Å². The number of ether oxygens (including phenoxy) is 1. The predicted molar refractivity (Wildman–Crippen MR) is 100 cm³/mol. The third-order valence-electron chi connectivity index (χ3n) is 4.25. The zero-order chi connectivity index (χ0) is 19.1. The molecule has 0 atom stereocenters. The first-order chi connectivity index (χ1) is 13.0. The maximum atomic E-state index is 11.7. The summed E-state index contributed by atoms with van der Waals surface area (Å²) in [5, 5.41) is 11.6. The Morgan fingerprint density at radius 2 is 2.04 bits per heavy atom. The maximum Gasteiger partial charge on any atom is 0.252 e. The van der Waals surface area contributed by atoms with Gasteiger partial charge in [-0.1, -0.05) is 0 Å². The monoisotopic (exact) mass is 363 g/mol. The van der Waals surface area contributed by atoms with Crippen molar-refractivity contribution in [2.24, 2.45) is 5.73 Å². The van der Waals surface area contributed by atoms with Gasteiger partial charge in [-0.15, -0.1) is 10.2 Å². The van der Waals surface area contributed by atoms with E-state index in [4.69, 9.17) is 10.5 Å². The van der Waals surface area contributed by atoms with E-state index >= 15 is 0 Å². The summed E-state index contributed by atoms with van der Waals surface area (Å²) < 4.78 is 7.19. The van der Waals surface area contributed by atoms with Gasteiger partial charge in [0.25, 0.3) is 5.91 Å². The highest BCUT2D eigenvalue weighted by Crippen LogP contribution is 2.28. The molecule has 3 aromatic heterocycles. The van der Waals surface area contributed by atoms with E-state index in [9.17, 15) is 4.79 Å². The number of anilines is 2. The summed E-state index contributed by atoms with van der Waals surface area (Å²) in [5.41, 5.74) is 9.06. The van der Waals surface area contributed by atoms with Crippen LogP contribution in [0, 0.1) is 13.8 Å². The van der Waals surface area contributed by atoms with Gasteiger partial charge in [-0.05, 0) is 32.0 Å². The van der Waals surface area contributed by atoms with Crippen molar-refractivity contribution in [3.05, 3.63) is 47.5 Å². The van der Waals surface area contributed by atoms with Gasteiger partial charge >= 0.3 is 0 Å². The smallest absolute Gasteiger partial charge is 0.252 e. The molecule has 0 fully saturated rings. The van der Waals surface area contributed by atoms with E-state index in [0.717, 1.165) is 16.7 Å². The zero-order valence-electron chi connectivity index (χ0n) is 15.0. The molecule has 0 unspecified atom stereocenters. The molecule has 0 saturated heterocycles. The van der Waals surface area contributed by atoms with E-state index in [-0.39, 0.29) is 5.56 Å². The van der Waals surface area contributed by atoms with Crippen LogP contribution in [0.2, 0.25) is 0 Å². The summed E-state index contributed by atoms with van der Waals surface area (Å²) in [6.45, 7) is 3.68. The fraction of sp³-hybridized carbons (Fsp3) is 0.167. The van der Waals surface area contributed by atoms with Crippen LogP contribution in [0.25, 0.3) is 16.7 Å². The Morgan fingerprint density at radius 3 is 2.78 bits per heavy atom. The summed E-state index contributed by atoms with van der Waals surface area (Å²) in [6, 6.07) is 7.29. The number of nitrogens with two attached hydrogens (primary N) is 1. The number of amides is 1. The van der Waals surface area contributed by atoms with Crippen LogP contribution in [-0.2, 0) is 0 Å². The molecule has 1 aromatic carbocycles. The largest absolute Gasteiger partial charge is 0.497 e. The van der Waals surface area contributed by atoms with Crippen molar-refractivity contribution in [3.63, 3.8) is 0 Å². The number of fused-ring (bicyclic) bond motifs is 3. The molecule has 0 aliphatic heterocycles. The molecule has 0 bridgehead atoms. The molecular weight excluding hydrogens is 346 g/mol. The molecular formula is C18H17N7O2. The highest BCUT2D eigenvalue weighted by atomic mass is 16.5. The van der Waals surface area contributed by atoms with Crippen LogP contribution in [0.4, 0.5) is 11.5 Å². The quantitative estimate of drug-likeness (QED) is 0.570. The minimum Gasteiger partial charge on any atom is -0.497 e. The van der Waals surface area contributed by atoms with Gasteiger partial charge in [-0.25, -0.2) is 4.98 Å². The van der Waals surface area contributed by atoms with Crippen molar-refractivity contribution in [1.82, 2.24) is 24.6 Å². The Morgan fingerprint density at radius 1 is 1.22 bits per heavy atom. The fourth-order valence-electron chi connectivity index (χ4n) is 2.95. The molecule has 4 rings (SSSR count). The van der Waals surface area contributed by atoms with Gasteiger partial charge in [0, 0.05) is 18.0 Å². The SMILES string of the molecule is COc1ccc2nc(Nc3cc(C)ncc3C(N)=O)c3nnc(C)n3c2c1. The molecule has 0 aliphatic rings. The first-order valence-corrected chi connectivity index (χ1v) is 8.21. The number of carbonyl (C=O) groups excluding carboxylic acids is 1. The first-order valence-electron chi connectivity index (χ1n) is 8.21. The lowest BCUT2D eigenvalue weighted by atomic mass is 10.2. The number of primary amides is 1. The molecule has 4 aromatic rings. The van der Waals surface area contributed by atoms with E-state index < -0.39 is 5.91 Å². The fourth-order valence-corrected chi connectivity index (χ4v) is 2.95. The number of nitrogens with one attached hydrogen (secondary N) is 1. The third kappa shape index (κ3) is 2.78. The summed E-state index contributed by atoms with van der Waals surface area (Å²) in [4.78, 5) is 20.5. The molecule has 0 aliphatic carbocycles. The van der Waals surface area contributed by atoms with Crippen LogP contribution >= 0.6 is 0 Å². The van der Waals surface area contributed by atoms with Gasteiger partial charge in [0.05, 0.1) is 29.4 Å². The number of nitrogens with zero attached hydrogens (tertiary/aromatic N) is 5. The van der Waals surface area contributed by atoms with Crippen molar-refractivity contribution < 1.29 is 9.53 Å². The van der Waals surface area contributed by atoms with Gasteiger partial charge in [0.1, 0.15) is 11.6 Å². The lowest BCUT2D eigenvalue weighted by molar-refractivity contribution is 0.100. The van der Waals surface area contributed by atoms with Crippen LogP contribution < -0.4 is 15.8 Å². The lowest BCUT2D eigenvalue weighted by Crippen LogP contribution is -2.14. The number of rotatable bonds is 4. The van der Waals surface area contributed by atoms with Gasteiger partial charge < -0.3 is 15.8 Å². The van der Waals surface area contributed by atoms with Crippen LogP contribution in [0.15, 0.2) is 30.5 Å². The molecule has 3 N–H and O–H groups in total. The predicted octanol–water partition coefficient (Wildman–Crippen LogP) is 2.14. The zero-order valence-corrected chi connectivity index (χ0v) is 15.0. The summed E-state index contributed by atoms with van der Waals surface area (Å²) in [6.07, 6.45) is 1.44. The van der Waals surface area contributed by atoms with Crippen LogP contribution in [0.5, 0.6) is 5.75 Å². The second-order valence-corrected chi connectivity index (χ2v) is 6.08. The summed E-state index contributed by atoms with van der Waals surface area (Å²) >= 11 is 0. The molecule has 27 heavy (non-hydrogen) atoms. The molecule has 0 saturated carbocycles. The van der Waals surface area contributed by atoms with Gasteiger partial charge in [-0.2, -0.15) is 0 Å². The summed E-state index contributed by atoms with van der Waals surface area (Å²) in [5.74, 6) is 1.29. The van der Waals surface area contributed by atoms with E-state index in [1.165, 1.54) is 6.20 Å². The van der Waals surface area contributed by atoms with E-state index in [0.29, 0.717) is 28.7 Å². The normalized spacial score (nSPS) is 11.1. The molecule has 9 nitrogen and oxygen atoms in total. The topological polar surface area (TPSA) is 120 Å². The minimum atomic E-state index is -0.579. The van der Waals surface area contributed by atoms with Crippen LogP contribution in [0.1, 0.15) is 21.9 Å². The number of aryl methyl sites for hydroxylation is 2. The van der Waals surface area contributed by atoms with Crippen LogP contribution in [0.3, 0.4) is 0 Å². The average molecular weight is 363 g/mol. The van der Waals surface area contributed by atoms with Crippen molar-refractivity contribution >= 4 is 34.1 Å². The summed E-state index contributed by atoms with van der Waals surface area (Å²) in [7, 11) is 1.61. The van der Waals surface area contributed by atoms with Crippen molar-refractivity contribution in [1.29, 1.82) is 0 Å². The van der Waals surface area contributed by atoms with Gasteiger partial charge in [0.15, 0.2) is 5.82 Å². The number of hydrogen-bond donors (Lipinski definition) is 2. The van der Waals surface area contributed by atoms with Gasteiger partial charge in [-0.3, -0.25) is 14.2 Å². The number of carbonyl (C=O) groups is 1. The minimum absolute atomic E-state index is 0.270. The molecule has 1 amide bonds. The Bertz CT molecular complexity index is 1200. The number of aromatic nitrogens is 5. The molecule has 9 heteroatoms. The molecule has 3 heterocycles. The number of hydrogen-bond acceptors (Lipinski definition) is 7. The van der Waals surface area contributed by atoms with E-state index in [1.807, 2.05) is 36.4 Å². The third-order valence-corrected chi connectivity index (χ3v) is 4.25. The first kappa shape index (κ1) is 16.7. The van der Waals surface area contributed by atoms with Crippen molar-refractivity contribution in [2.75, 3.05) is 12.4 Å². The van der Waals surface area contributed by atoms with Crippen molar-refractivity contribution in [3.8, 4) is 5.75 Å². The molecule has 0 radical (unpaired) electrons. The molecule has 136 valence electrons.